The smallest absolute Gasteiger partial charge is 0.160 e. The Balaban J connectivity index is 0.647. The van der Waals surface area contributed by atoms with E-state index in [-0.39, 0.29) is 0 Å². The third-order valence-corrected chi connectivity index (χ3v) is 23.0. The summed E-state index contributed by atoms with van der Waals surface area (Å²) >= 11 is 0. The van der Waals surface area contributed by atoms with E-state index >= 15 is 0 Å². The van der Waals surface area contributed by atoms with E-state index in [0.29, 0.717) is 11.6 Å². The Morgan fingerprint density at radius 2 is 0.509 bits per heavy atom. The summed E-state index contributed by atoms with van der Waals surface area (Å²) in [6.45, 7) is 0. The van der Waals surface area contributed by atoms with Gasteiger partial charge >= 0.3 is 0 Å². The van der Waals surface area contributed by atoms with Crippen LogP contribution in [0.25, 0.3) is 145 Å². The second-order valence-electron chi connectivity index (χ2n) is 29.0. The average molecular weight is 1400 g/mol. The average Bonchev–Trinajstić information content (AvgIpc) is 1.49. The summed E-state index contributed by atoms with van der Waals surface area (Å²) < 4.78 is 14.4. The summed E-state index contributed by atoms with van der Waals surface area (Å²) in [4.78, 5) is 21.6. The molecular weight excluding hydrogens is 1340 g/mol. The van der Waals surface area contributed by atoms with Crippen LogP contribution >= 0.6 is 0 Å². The van der Waals surface area contributed by atoms with E-state index in [1.807, 2.05) is 18.2 Å². The molecule has 6 heteroatoms. The molecule has 0 bridgehead atoms. The number of hydrogen-bond donors (Lipinski definition) is 0. The molecule has 0 amide bonds. The van der Waals surface area contributed by atoms with Crippen molar-refractivity contribution >= 4 is 10.8 Å². The van der Waals surface area contributed by atoms with Crippen molar-refractivity contribution in [2.75, 3.05) is 0 Å². The van der Waals surface area contributed by atoms with Gasteiger partial charge in [-0.05, 0) is 167 Å². The number of para-hydroxylation sites is 1. The molecule has 18 aromatic rings. The summed E-state index contributed by atoms with van der Waals surface area (Å²) in [6, 6.07) is 139. The molecule has 22 rings (SSSR count). The molecule has 0 saturated heterocycles. The fraction of sp³-hybridized carbons (Fsp3) is 0.0192. The Hall–Kier alpha value is -14.5. The van der Waals surface area contributed by atoms with E-state index < -0.39 is 10.8 Å². The van der Waals surface area contributed by atoms with Gasteiger partial charge in [0.2, 0.25) is 0 Å². The number of fused-ring (bicyclic) bond motifs is 19. The number of benzene rings is 16. The number of ether oxygens (including phenoxy) is 2. The SMILES string of the molecule is c1ccc(-c2nc(-c3cccc(-c4ccc5c(c4)Oc4ccc(-c6cccc(-c7nc(-c8cccc(-c9ccc%10c(c9)Oc9ccccc9C%109c%10ccccc%10-c%10ccccc%109)c8)cc(-c8ccccc8-c8ccccc8)n7)c6)cc4C54c5ccccc5-c5ccccc54)c3)cc(-c3ccc4ccccc4c3)n2)cc1. The summed E-state index contributed by atoms with van der Waals surface area (Å²) in [5.41, 5.74) is 30.6. The van der Waals surface area contributed by atoms with Gasteiger partial charge in [0, 0.05) is 55.6 Å². The molecule has 4 aliphatic rings. The van der Waals surface area contributed by atoms with E-state index in [2.05, 4.69) is 370 Å². The first-order chi connectivity index (χ1) is 54.5. The Bertz CT molecular complexity index is 6730. The van der Waals surface area contributed by atoms with Crippen molar-refractivity contribution in [3.05, 3.63) is 433 Å². The Kier molecular flexibility index (Phi) is 14.3. The topological polar surface area (TPSA) is 70.0 Å². The van der Waals surface area contributed by atoms with E-state index in [9.17, 15) is 0 Å². The van der Waals surface area contributed by atoms with Crippen LogP contribution in [0.2, 0.25) is 0 Å². The molecule has 0 radical (unpaired) electrons. The van der Waals surface area contributed by atoms with Crippen LogP contribution in [0, 0.1) is 0 Å². The molecule has 2 aromatic heterocycles. The third-order valence-electron chi connectivity index (χ3n) is 23.0. The largest absolute Gasteiger partial charge is 0.457 e. The monoisotopic (exact) mass is 1400 g/mol. The maximum atomic E-state index is 7.34. The van der Waals surface area contributed by atoms with Crippen molar-refractivity contribution in [1.82, 2.24) is 19.9 Å². The van der Waals surface area contributed by atoms with Crippen molar-refractivity contribution in [2.24, 2.45) is 0 Å². The van der Waals surface area contributed by atoms with Gasteiger partial charge < -0.3 is 9.47 Å². The maximum Gasteiger partial charge on any atom is 0.160 e. The number of aromatic nitrogens is 4. The van der Waals surface area contributed by atoms with Crippen LogP contribution in [0.3, 0.4) is 0 Å². The van der Waals surface area contributed by atoms with Gasteiger partial charge in [0.05, 0.1) is 33.6 Å². The quantitative estimate of drug-likeness (QED) is 0.136. The van der Waals surface area contributed by atoms with E-state index in [4.69, 9.17) is 29.4 Å². The van der Waals surface area contributed by atoms with Gasteiger partial charge in [-0.15, -0.1) is 0 Å². The summed E-state index contributed by atoms with van der Waals surface area (Å²) in [6.07, 6.45) is 0. The van der Waals surface area contributed by atoms with E-state index in [1.165, 1.54) is 49.9 Å². The summed E-state index contributed by atoms with van der Waals surface area (Å²) in [7, 11) is 0. The highest BCUT2D eigenvalue weighted by atomic mass is 16.5. The zero-order valence-electron chi connectivity index (χ0n) is 59.6. The lowest BCUT2D eigenvalue weighted by molar-refractivity contribution is 0.436. The number of rotatable bonds is 10. The lowest BCUT2D eigenvalue weighted by Crippen LogP contribution is -2.32. The first kappa shape index (κ1) is 62.9. The van der Waals surface area contributed by atoms with Crippen LogP contribution in [0.5, 0.6) is 23.0 Å². The van der Waals surface area contributed by atoms with Crippen LogP contribution < -0.4 is 9.47 Å². The molecule has 4 heterocycles. The lowest BCUT2D eigenvalue weighted by atomic mass is 9.65. The van der Waals surface area contributed by atoms with Crippen LogP contribution in [0.15, 0.2) is 388 Å². The van der Waals surface area contributed by atoms with Gasteiger partial charge in [-0.1, -0.05) is 322 Å². The third kappa shape index (κ3) is 9.89. The van der Waals surface area contributed by atoms with Crippen molar-refractivity contribution in [1.29, 1.82) is 0 Å². The van der Waals surface area contributed by atoms with Gasteiger partial charge in [-0.3, -0.25) is 0 Å². The maximum absolute atomic E-state index is 7.34. The normalized spacial score (nSPS) is 13.2. The van der Waals surface area contributed by atoms with Crippen molar-refractivity contribution in [3.63, 3.8) is 0 Å². The molecule has 16 aromatic carbocycles. The van der Waals surface area contributed by atoms with Crippen LogP contribution in [0.4, 0.5) is 0 Å². The van der Waals surface area contributed by atoms with Gasteiger partial charge in [0.15, 0.2) is 11.6 Å². The molecule has 512 valence electrons. The molecule has 110 heavy (non-hydrogen) atoms. The molecule has 0 fully saturated rings. The second kappa shape index (κ2) is 25.1. The molecule has 0 unspecified atom stereocenters. The summed E-state index contributed by atoms with van der Waals surface area (Å²) in [5.74, 6) is 4.59. The fourth-order valence-corrected chi connectivity index (χ4v) is 18.1. The zero-order chi connectivity index (χ0) is 72.4. The van der Waals surface area contributed by atoms with Crippen LogP contribution in [-0.2, 0) is 10.8 Å². The fourth-order valence-electron chi connectivity index (χ4n) is 18.1. The minimum Gasteiger partial charge on any atom is -0.457 e. The molecule has 2 aliphatic carbocycles. The van der Waals surface area contributed by atoms with Gasteiger partial charge in [0.25, 0.3) is 0 Å². The molecule has 0 saturated carbocycles. The molecule has 2 spiro atoms. The van der Waals surface area contributed by atoms with E-state index in [0.717, 1.165) is 151 Å². The minimum atomic E-state index is -0.737. The Labute approximate surface area is 637 Å². The van der Waals surface area contributed by atoms with Gasteiger partial charge in [0.1, 0.15) is 23.0 Å². The highest BCUT2D eigenvalue weighted by Crippen LogP contribution is 2.65. The van der Waals surface area contributed by atoms with Crippen LogP contribution in [0.1, 0.15) is 44.5 Å². The first-order valence-corrected chi connectivity index (χ1v) is 37.5. The number of hydrogen-bond acceptors (Lipinski definition) is 6. The number of nitrogens with zero attached hydrogens (tertiary/aromatic N) is 4. The van der Waals surface area contributed by atoms with Crippen molar-refractivity contribution in [3.8, 4) is 158 Å². The molecule has 2 aliphatic heterocycles. The molecular formula is C104H64N4O2. The zero-order valence-corrected chi connectivity index (χ0v) is 59.6. The van der Waals surface area contributed by atoms with Gasteiger partial charge in [-0.2, -0.15) is 0 Å². The van der Waals surface area contributed by atoms with Crippen molar-refractivity contribution < 1.29 is 9.47 Å². The highest BCUT2D eigenvalue weighted by molar-refractivity contribution is 5.94. The lowest BCUT2D eigenvalue weighted by Gasteiger charge is -2.40. The Morgan fingerprint density at radius 1 is 0.164 bits per heavy atom. The molecule has 6 nitrogen and oxygen atoms in total. The second-order valence-corrected chi connectivity index (χ2v) is 29.0. The standard InChI is InChI=1S/C104H64N4O2/c1-3-25-66(26-4-1)79-36-9-10-41-84(79)96-64-95(76-34-22-31-70(58-76)73-50-53-90-99(61-73)109-97-47-20-19-46-89(97)103(90)85-42-15-11-37-80(85)81-38-12-16-43-86(81)103)107-102(108-96)78-35-23-32-71(59-78)72-52-55-98-92(60-72)104(87-44-17-13-39-82(87)83-40-14-18-45-88(83)104)91-54-51-74(62-100(91)110-98)69-30-21-33-75(57-69)93-63-94(106-101(105-93)67-27-5-2-6-28-67)77-49-48-65-24-7-8-29-68(65)56-77/h1-64H. The van der Waals surface area contributed by atoms with Crippen molar-refractivity contribution in [2.45, 2.75) is 10.8 Å². The van der Waals surface area contributed by atoms with Gasteiger partial charge in [-0.25, -0.2) is 19.9 Å². The predicted octanol–water partition coefficient (Wildman–Crippen LogP) is 26.0. The summed E-state index contributed by atoms with van der Waals surface area (Å²) in [5, 5.41) is 2.35. The molecule has 0 atom stereocenters. The Morgan fingerprint density at radius 3 is 1.07 bits per heavy atom. The van der Waals surface area contributed by atoms with E-state index in [1.54, 1.807) is 0 Å². The highest BCUT2D eigenvalue weighted by Gasteiger charge is 2.53. The first-order valence-electron chi connectivity index (χ1n) is 37.5. The minimum absolute atomic E-state index is 0.556. The predicted molar refractivity (Wildman–Crippen MR) is 444 cm³/mol. The van der Waals surface area contributed by atoms with Crippen LogP contribution in [-0.4, -0.2) is 19.9 Å². The molecule has 0 N–H and O–H groups in total.